The van der Waals surface area contributed by atoms with Gasteiger partial charge >= 0.3 is 0 Å². The molecule has 0 unspecified atom stereocenters. The van der Waals surface area contributed by atoms with Crippen molar-refractivity contribution in [3.05, 3.63) is 48.3 Å². The number of nitrogens with one attached hydrogen (secondary N) is 2. The van der Waals surface area contributed by atoms with Crippen molar-refractivity contribution in [3.8, 4) is 0 Å². The Morgan fingerprint density at radius 1 is 1.30 bits per heavy atom. The van der Waals surface area contributed by atoms with Crippen molar-refractivity contribution >= 4 is 34.0 Å². The predicted octanol–water partition coefficient (Wildman–Crippen LogP) is 2.86. The van der Waals surface area contributed by atoms with Crippen molar-refractivity contribution in [1.29, 1.82) is 0 Å². The van der Waals surface area contributed by atoms with E-state index in [2.05, 4.69) is 33.2 Å². The van der Waals surface area contributed by atoms with Gasteiger partial charge in [-0.15, -0.1) is 0 Å². The SMILES string of the molecule is CCN(C)c1cncc2[nH]c(Nc3ccc(C(N)=O)cc3)cc12. The van der Waals surface area contributed by atoms with Gasteiger partial charge in [0.1, 0.15) is 5.82 Å². The van der Waals surface area contributed by atoms with Gasteiger partial charge in [0.25, 0.3) is 0 Å². The molecule has 0 aliphatic carbocycles. The Balaban J connectivity index is 1.90. The summed E-state index contributed by atoms with van der Waals surface area (Å²) in [5.74, 6) is 0.436. The van der Waals surface area contributed by atoms with E-state index in [1.165, 1.54) is 0 Å². The Morgan fingerprint density at radius 2 is 2.04 bits per heavy atom. The number of anilines is 3. The number of hydrogen-bond donors (Lipinski definition) is 3. The average Bonchev–Trinajstić information content (AvgIpc) is 2.96. The van der Waals surface area contributed by atoms with Crippen LogP contribution in [0.1, 0.15) is 17.3 Å². The zero-order chi connectivity index (χ0) is 16.4. The molecular weight excluding hydrogens is 290 g/mol. The normalized spacial score (nSPS) is 10.7. The molecule has 0 aliphatic rings. The molecule has 0 radical (unpaired) electrons. The Kier molecular flexibility index (Phi) is 3.89. The van der Waals surface area contributed by atoms with Crippen molar-refractivity contribution in [3.63, 3.8) is 0 Å². The number of nitrogens with zero attached hydrogens (tertiary/aromatic N) is 2. The number of aromatic amines is 1. The number of carbonyl (C=O) groups is 1. The number of fused-ring (bicyclic) bond motifs is 1. The third-order valence-corrected chi connectivity index (χ3v) is 3.86. The molecule has 23 heavy (non-hydrogen) atoms. The van der Waals surface area contributed by atoms with E-state index in [9.17, 15) is 4.79 Å². The van der Waals surface area contributed by atoms with E-state index < -0.39 is 5.91 Å². The maximum atomic E-state index is 11.1. The van der Waals surface area contributed by atoms with Crippen LogP contribution in [0.25, 0.3) is 10.9 Å². The highest BCUT2D eigenvalue weighted by Gasteiger charge is 2.09. The van der Waals surface area contributed by atoms with Gasteiger partial charge in [-0.05, 0) is 37.3 Å². The fourth-order valence-corrected chi connectivity index (χ4v) is 2.45. The molecular formula is C17H19N5O. The minimum atomic E-state index is -0.430. The van der Waals surface area contributed by atoms with E-state index in [4.69, 9.17) is 5.73 Å². The van der Waals surface area contributed by atoms with Crippen molar-refractivity contribution in [1.82, 2.24) is 9.97 Å². The number of pyridine rings is 1. The van der Waals surface area contributed by atoms with Crippen LogP contribution in [-0.2, 0) is 0 Å². The summed E-state index contributed by atoms with van der Waals surface area (Å²) in [7, 11) is 2.04. The number of benzene rings is 1. The van der Waals surface area contributed by atoms with Crippen LogP contribution in [0.5, 0.6) is 0 Å². The van der Waals surface area contributed by atoms with Crippen molar-refractivity contribution in [2.75, 3.05) is 23.8 Å². The molecule has 1 aromatic carbocycles. The lowest BCUT2D eigenvalue weighted by Gasteiger charge is -2.16. The minimum Gasteiger partial charge on any atom is -0.373 e. The van der Waals surface area contributed by atoms with Crippen LogP contribution >= 0.6 is 0 Å². The van der Waals surface area contributed by atoms with Crippen LogP contribution in [0.4, 0.5) is 17.2 Å². The van der Waals surface area contributed by atoms with Crippen LogP contribution in [0.3, 0.4) is 0 Å². The molecule has 0 fully saturated rings. The molecule has 118 valence electrons. The Morgan fingerprint density at radius 3 is 2.70 bits per heavy atom. The number of hydrogen-bond acceptors (Lipinski definition) is 4. The first kappa shape index (κ1) is 14.9. The Labute approximate surface area is 134 Å². The van der Waals surface area contributed by atoms with Gasteiger partial charge in [-0.1, -0.05) is 0 Å². The molecule has 3 aromatic rings. The summed E-state index contributed by atoms with van der Waals surface area (Å²) in [6.07, 6.45) is 3.68. The smallest absolute Gasteiger partial charge is 0.248 e. The fourth-order valence-electron chi connectivity index (χ4n) is 2.45. The predicted molar refractivity (Wildman–Crippen MR) is 93.3 cm³/mol. The maximum absolute atomic E-state index is 11.1. The van der Waals surface area contributed by atoms with Gasteiger partial charge in [0, 0.05) is 30.2 Å². The summed E-state index contributed by atoms with van der Waals surface area (Å²) in [6.45, 7) is 3.01. The van der Waals surface area contributed by atoms with Gasteiger partial charge < -0.3 is 20.9 Å². The third kappa shape index (κ3) is 2.96. The Bertz CT molecular complexity index is 838. The lowest BCUT2D eigenvalue weighted by Crippen LogP contribution is -2.15. The molecule has 0 saturated carbocycles. The summed E-state index contributed by atoms with van der Waals surface area (Å²) in [5, 5.41) is 4.40. The number of H-pyrrole nitrogens is 1. The molecule has 0 atom stereocenters. The summed E-state index contributed by atoms with van der Waals surface area (Å²) >= 11 is 0. The van der Waals surface area contributed by atoms with Crippen LogP contribution in [0, 0.1) is 0 Å². The molecule has 6 heteroatoms. The van der Waals surface area contributed by atoms with E-state index in [-0.39, 0.29) is 0 Å². The number of primary amides is 1. The first-order valence-electron chi connectivity index (χ1n) is 7.43. The summed E-state index contributed by atoms with van der Waals surface area (Å²) in [4.78, 5) is 20.8. The lowest BCUT2D eigenvalue weighted by atomic mass is 10.2. The highest BCUT2D eigenvalue weighted by molar-refractivity contribution is 5.95. The van der Waals surface area contributed by atoms with Gasteiger partial charge in [0.05, 0.1) is 23.6 Å². The van der Waals surface area contributed by atoms with E-state index in [0.717, 1.165) is 34.6 Å². The van der Waals surface area contributed by atoms with Gasteiger partial charge in [0.15, 0.2) is 0 Å². The lowest BCUT2D eigenvalue weighted by molar-refractivity contribution is 0.100. The first-order valence-corrected chi connectivity index (χ1v) is 7.43. The largest absolute Gasteiger partial charge is 0.373 e. The van der Waals surface area contributed by atoms with Crippen LogP contribution in [0.2, 0.25) is 0 Å². The summed E-state index contributed by atoms with van der Waals surface area (Å²) in [6, 6.07) is 9.10. The highest BCUT2D eigenvalue weighted by atomic mass is 16.1. The van der Waals surface area contributed by atoms with Crippen LogP contribution < -0.4 is 16.0 Å². The topological polar surface area (TPSA) is 87.0 Å². The fraction of sp³-hybridized carbons (Fsp3) is 0.176. The second kappa shape index (κ2) is 6.00. The van der Waals surface area contributed by atoms with Gasteiger partial charge in [-0.25, -0.2) is 0 Å². The number of aromatic nitrogens is 2. The molecule has 0 saturated heterocycles. The molecule has 0 aliphatic heterocycles. The first-order chi connectivity index (χ1) is 11.1. The van der Waals surface area contributed by atoms with E-state index in [1.807, 2.05) is 31.6 Å². The quantitative estimate of drug-likeness (QED) is 0.676. The highest BCUT2D eigenvalue weighted by Crippen LogP contribution is 2.28. The van der Waals surface area contributed by atoms with Crippen molar-refractivity contribution in [2.24, 2.45) is 5.73 Å². The van der Waals surface area contributed by atoms with Gasteiger partial charge in [-0.2, -0.15) is 0 Å². The molecule has 2 aromatic heterocycles. The minimum absolute atomic E-state index is 0.430. The second-order valence-corrected chi connectivity index (χ2v) is 5.38. The second-order valence-electron chi connectivity index (χ2n) is 5.38. The van der Waals surface area contributed by atoms with Crippen LogP contribution in [0.15, 0.2) is 42.7 Å². The Hall–Kier alpha value is -3.02. The summed E-state index contributed by atoms with van der Waals surface area (Å²) < 4.78 is 0. The molecule has 3 rings (SSSR count). The van der Waals surface area contributed by atoms with Crippen molar-refractivity contribution < 1.29 is 4.79 Å². The molecule has 2 heterocycles. The molecule has 1 amide bonds. The van der Waals surface area contributed by atoms with E-state index in [1.54, 1.807) is 12.1 Å². The monoisotopic (exact) mass is 309 g/mol. The molecule has 0 spiro atoms. The molecule has 6 nitrogen and oxygen atoms in total. The number of nitrogens with two attached hydrogens (primary N) is 1. The zero-order valence-corrected chi connectivity index (χ0v) is 13.1. The van der Waals surface area contributed by atoms with Crippen molar-refractivity contribution in [2.45, 2.75) is 6.92 Å². The third-order valence-electron chi connectivity index (χ3n) is 3.86. The molecule has 0 bridgehead atoms. The van der Waals surface area contributed by atoms with Crippen LogP contribution in [-0.4, -0.2) is 29.5 Å². The number of amides is 1. The van der Waals surface area contributed by atoms with Gasteiger partial charge in [-0.3, -0.25) is 9.78 Å². The standard InChI is InChI=1S/C17H19N5O/c1-3-22(2)15-10-19-9-14-13(15)8-16(21-14)20-12-6-4-11(5-7-12)17(18)23/h4-10,20-21H,3H2,1-2H3,(H2,18,23). The van der Waals surface area contributed by atoms with E-state index in [0.29, 0.717) is 5.56 Å². The maximum Gasteiger partial charge on any atom is 0.248 e. The number of rotatable bonds is 5. The average molecular weight is 309 g/mol. The van der Waals surface area contributed by atoms with E-state index >= 15 is 0 Å². The summed E-state index contributed by atoms with van der Waals surface area (Å²) in [5.41, 5.74) is 8.67. The molecule has 4 N–H and O–H groups in total. The zero-order valence-electron chi connectivity index (χ0n) is 13.1. The van der Waals surface area contributed by atoms with Gasteiger partial charge in [0.2, 0.25) is 5.91 Å². The number of carbonyl (C=O) groups excluding carboxylic acids is 1.